The van der Waals surface area contributed by atoms with Crippen molar-refractivity contribution in [1.82, 2.24) is 4.31 Å². The van der Waals surface area contributed by atoms with Crippen molar-refractivity contribution >= 4 is 21.6 Å². The molecule has 0 heterocycles. The number of hydrogen-bond acceptors (Lipinski definition) is 4. The van der Waals surface area contributed by atoms with Gasteiger partial charge in [-0.1, -0.05) is 32.0 Å². The normalized spacial score (nSPS) is 11.5. The molecule has 0 bridgehead atoms. The molecule has 2 aromatic rings. The molecule has 6 nitrogen and oxygen atoms in total. The van der Waals surface area contributed by atoms with E-state index in [2.05, 4.69) is 5.32 Å². The van der Waals surface area contributed by atoms with Gasteiger partial charge in [-0.25, -0.2) is 8.42 Å². The molecule has 0 radical (unpaired) electrons. The number of carbonyl (C=O) groups is 1. The van der Waals surface area contributed by atoms with Gasteiger partial charge in [0.25, 0.3) is 0 Å². The topological polar surface area (TPSA) is 75.7 Å². The second kappa shape index (κ2) is 9.89. The van der Waals surface area contributed by atoms with E-state index in [-0.39, 0.29) is 17.2 Å². The molecular weight excluding hydrogens is 388 g/mol. The zero-order valence-electron chi connectivity index (χ0n) is 17.8. The zero-order chi connectivity index (χ0) is 21.6. The number of amides is 1. The number of aryl methyl sites for hydroxylation is 2. The Labute approximate surface area is 173 Å². The number of anilines is 1. The number of carbonyl (C=O) groups excluding carboxylic acids is 1. The van der Waals surface area contributed by atoms with E-state index in [9.17, 15) is 13.2 Å². The molecule has 0 saturated heterocycles. The number of rotatable bonds is 9. The maximum absolute atomic E-state index is 12.8. The molecule has 0 atom stereocenters. The second-order valence-electron chi connectivity index (χ2n) is 6.82. The number of hydrogen-bond donors (Lipinski definition) is 1. The first kappa shape index (κ1) is 22.9. The minimum absolute atomic E-state index is 0.131. The molecular formula is C22H30N2O4S. The van der Waals surface area contributed by atoms with Crippen molar-refractivity contribution in [3.05, 3.63) is 53.1 Å². The average Bonchev–Trinajstić information content (AvgIpc) is 2.67. The number of sulfonamides is 1. The number of nitrogens with one attached hydrogen (secondary N) is 1. The van der Waals surface area contributed by atoms with Gasteiger partial charge in [0.1, 0.15) is 5.75 Å². The molecule has 0 unspecified atom stereocenters. The minimum atomic E-state index is -3.63. The molecule has 29 heavy (non-hydrogen) atoms. The fourth-order valence-corrected chi connectivity index (χ4v) is 4.54. The molecule has 0 aromatic heterocycles. The summed E-state index contributed by atoms with van der Waals surface area (Å²) in [4.78, 5) is 12.7. The summed E-state index contributed by atoms with van der Waals surface area (Å²) < 4.78 is 32.6. The molecule has 7 heteroatoms. The predicted molar refractivity (Wildman–Crippen MR) is 116 cm³/mol. The highest BCUT2D eigenvalue weighted by Gasteiger charge is 2.23. The van der Waals surface area contributed by atoms with E-state index in [1.165, 1.54) is 22.0 Å². The van der Waals surface area contributed by atoms with Crippen molar-refractivity contribution in [2.45, 2.75) is 45.9 Å². The Balaban J connectivity index is 2.31. The summed E-state index contributed by atoms with van der Waals surface area (Å²) in [5.41, 5.74) is 3.55. The van der Waals surface area contributed by atoms with Crippen LogP contribution >= 0.6 is 0 Å². The van der Waals surface area contributed by atoms with Crippen molar-refractivity contribution in [2.75, 3.05) is 25.0 Å². The molecule has 1 amide bonds. The quantitative estimate of drug-likeness (QED) is 0.670. The Bertz CT molecular complexity index is 967. The molecule has 1 N–H and O–H groups in total. The minimum Gasteiger partial charge on any atom is -0.492 e. The van der Waals surface area contributed by atoms with Crippen LogP contribution in [0.2, 0.25) is 0 Å². The summed E-state index contributed by atoms with van der Waals surface area (Å²) >= 11 is 0. The zero-order valence-corrected chi connectivity index (χ0v) is 18.6. The molecule has 0 aliphatic rings. The van der Waals surface area contributed by atoms with Crippen LogP contribution in [0.25, 0.3) is 0 Å². The third-order valence-corrected chi connectivity index (χ3v) is 6.85. The van der Waals surface area contributed by atoms with E-state index in [4.69, 9.17) is 4.74 Å². The van der Waals surface area contributed by atoms with E-state index in [0.29, 0.717) is 31.1 Å². The lowest BCUT2D eigenvalue weighted by Crippen LogP contribution is -2.30. The molecule has 2 rings (SSSR count). The summed E-state index contributed by atoms with van der Waals surface area (Å²) in [6.07, 6.45) is 0.194. The largest absolute Gasteiger partial charge is 0.492 e. The Hall–Kier alpha value is -2.38. The highest BCUT2D eigenvalue weighted by atomic mass is 32.2. The van der Waals surface area contributed by atoms with Crippen molar-refractivity contribution in [1.29, 1.82) is 0 Å². The maximum Gasteiger partial charge on any atom is 0.243 e. The lowest BCUT2D eigenvalue weighted by molar-refractivity contribution is -0.115. The van der Waals surface area contributed by atoms with Gasteiger partial charge in [-0.2, -0.15) is 4.31 Å². The van der Waals surface area contributed by atoms with Gasteiger partial charge in [0.15, 0.2) is 0 Å². The van der Waals surface area contributed by atoms with Gasteiger partial charge in [0.05, 0.1) is 23.6 Å². The Morgan fingerprint density at radius 1 is 1.00 bits per heavy atom. The fourth-order valence-electron chi connectivity index (χ4n) is 3.05. The Morgan fingerprint density at radius 2 is 1.69 bits per heavy atom. The highest BCUT2D eigenvalue weighted by molar-refractivity contribution is 7.89. The van der Waals surface area contributed by atoms with Gasteiger partial charge >= 0.3 is 0 Å². The Kier molecular flexibility index (Phi) is 7.81. The molecule has 0 fully saturated rings. The first-order valence-corrected chi connectivity index (χ1v) is 11.3. The SMILES string of the molecule is CCOc1ccc(S(=O)(=O)N(CC)CC)cc1NC(=O)Cc1ccc(C)c(C)c1. The van der Waals surface area contributed by atoms with Crippen molar-refractivity contribution in [3.8, 4) is 5.75 Å². The summed E-state index contributed by atoms with van der Waals surface area (Å²) in [5, 5.41) is 2.82. The molecule has 0 aliphatic carbocycles. The maximum atomic E-state index is 12.8. The number of nitrogens with zero attached hydrogens (tertiary/aromatic N) is 1. The smallest absolute Gasteiger partial charge is 0.243 e. The summed E-state index contributed by atoms with van der Waals surface area (Å²) in [5.74, 6) is 0.214. The van der Waals surface area contributed by atoms with Crippen molar-refractivity contribution < 1.29 is 17.9 Å². The van der Waals surface area contributed by atoms with Gasteiger partial charge in [-0.05, 0) is 55.7 Å². The standard InChI is InChI=1S/C22H30N2O4S/c1-6-24(7-2)29(26,27)19-11-12-21(28-8-3)20(15-19)23-22(25)14-18-10-9-16(4)17(5)13-18/h9-13,15H,6-8,14H2,1-5H3,(H,23,25). The van der Waals surface area contributed by atoms with Crippen LogP contribution in [-0.4, -0.2) is 38.3 Å². The van der Waals surface area contributed by atoms with Gasteiger partial charge < -0.3 is 10.1 Å². The second-order valence-corrected chi connectivity index (χ2v) is 8.76. The predicted octanol–water partition coefficient (Wildman–Crippen LogP) is 3.91. The van der Waals surface area contributed by atoms with E-state index in [1.54, 1.807) is 19.9 Å². The van der Waals surface area contributed by atoms with Crippen LogP contribution < -0.4 is 10.1 Å². The lowest BCUT2D eigenvalue weighted by atomic mass is 10.0. The third-order valence-electron chi connectivity index (χ3n) is 4.80. The van der Waals surface area contributed by atoms with Crippen LogP contribution in [-0.2, 0) is 21.2 Å². The van der Waals surface area contributed by atoms with Crippen molar-refractivity contribution in [3.63, 3.8) is 0 Å². The molecule has 158 valence electrons. The first-order chi connectivity index (χ1) is 13.7. The monoisotopic (exact) mass is 418 g/mol. The number of ether oxygens (including phenoxy) is 1. The first-order valence-electron chi connectivity index (χ1n) is 9.85. The molecule has 2 aromatic carbocycles. The van der Waals surface area contributed by atoms with Crippen LogP contribution in [0.15, 0.2) is 41.3 Å². The summed E-state index contributed by atoms with van der Waals surface area (Å²) in [7, 11) is -3.63. The van der Waals surface area contributed by atoms with E-state index in [1.807, 2.05) is 39.0 Å². The van der Waals surface area contributed by atoms with Crippen LogP contribution in [0.1, 0.15) is 37.5 Å². The highest BCUT2D eigenvalue weighted by Crippen LogP contribution is 2.29. The average molecular weight is 419 g/mol. The van der Waals surface area contributed by atoms with Gasteiger partial charge in [0.2, 0.25) is 15.9 Å². The van der Waals surface area contributed by atoms with E-state index < -0.39 is 10.0 Å². The van der Waals surface area contributed by atoms with Crippen LogP contribution in [0.5, 0.6) is 5.75 Å². The van der Waals surface area contributed by atoms with Gasteiger partial charge in [-0.3, -0.25) is 4.79 Å². The lowest BCUT2D eigenvalue weighted by Gasteiger charge is -2.20. The molecule has 0 aliphatic heterocycles. The number of benzene rings is 2. The van der Waals surface area contributed by atoms with E-state index in [0.717, 1.165) is 11.1 Å². The molecule has 0 saturated carbocycles. The van der Waals surface area contributed by atoms with Crippen LogP contribution in [0, 0.1) is 13.8 Å². The van der Waals surface area contributed by atoms with Gasteiger partial charge in [0, 0.05) is 13.1 Å². The van der Waals surface area contributed by atoms with Crippen molar-refractivity contribution in [2.24, 2.45) is 0 Å². The summed E-state index contributed by atoms with van der Waals surface area (Å²) in [6, 6.07) is 10.5. The van der Waals surface area contributed by atoms with Crippen LogP contribution in [0.4, 0.5) is 5.69 Å². The third kappa shape index (κ3) is 5.58. The summed E-state index contributed by atoms with van der Waals surface area (Å²) in [6.45, 7) is 10.6. The van der Waals surface area contributed by atoms with Crippen LogP contribution in [0.3, 0.4) is 0 Å². The van der Waals surface area contributed by atoms with E-state index >= 15 is 0 Å². The fraction of sp³-hybridized carbons (Fsp3) is 0.409. The Morgan fingerprint density at radius 3 is 2.28 bits per heavy atom. The van der Waals surface area contributed by atoms with Gasteiger partial charge in [-0.15, -0.1) is 0 Å². The molecule has 0 spiro atoms.